The van der Waals surface area contributed by atoms with Crippen molar-refractivity contribution in [3.8, 4) is 0 Å². The maximum absolute atomic E-state index is 12.2. The second-order valence-electron chi connectivity index (χ2n) is 4.41. The van der Waals surface area contributed by atoms with Gasteiger partial charge >= 0.3 is 0 Å². The van der Waals surface area contributed by atoms with Crippen molar-refractivity contribution in [2.24, 2.45) is 12.8 Å². The van der Waals surface area contributed by atoms with Gasteiger partial charge in [-0.3, -0.25) is 0 Å². The van der Waals surface area contributed by atoms with E-state index in [0.717, 1.165) is 5.82 Å². The molecule has 0 bridgehead atoms. The van der Waals surface area contributed by atoms with Gasteiger partial charge in [0.25, 0.3) is 0 Å². The highest BCUT2D eigenvalue weighted by atomic mass is 32.2. The third-order valence-electron chi connectivity index (χ3n) is 3.04. The van der Waals surface area contributed by atoms with Crippen molar-refractivity contribution in [3.63, 3.8) is 0 Å². The van der Waals surface area contributed by atoms with Crippen molar-refractivity contribution in [3.05, 3.63) is 48.0 Å². The topological polar surface area (TPSA) is 90.0 Å². The molecular weight excluding hydrogens is 276 g/mol. The molecule has 0 fully saturated rings. The summed E-state index contributed by atoms with van der Waals surface area (Å²) in [5, 5.41) is 0. The number of aromatic nitrogens is 2. The van der Waals surface area contributed by atoms with Gasteiger partial charge < -0.3 is 10.3 Å². The third-order valence-corrected chi connectivity index (χ3v) is 4.61. The maximum Gasteiger partial charge on any atom is 0.240 e. The van der Waals surface area contributed by atoms with Gasteiger partial charge in [0.05, 0.1) is 4.90 Å². The molecule has 0 saturated heterocycles. The second kappa shape index (κ2) is 6.17. The molecule has 0 saturated carbocycles. The lowest BCUT2D eigenvalue weighted by Crippen LogP contribution is -2.27. The van der Waals surface area contributed by atoms with E-state index in [1.165, 1.54) is 0 Å². The quantitative estimate of drug-likeness (QED) is 0.807. The molecule has 0 aliphatic carbocycles. The number of aryl methyl sites for hydroxylation is 1. The van der Waals surface area contributed by atoms with Gasteiger partial charge in [-0.2, -0.15) is 0 Å². The Morgan fingerprint density at radius 2 is 2.10 bits per heavy atom. The molecule has 1 heterocycles. The summed E-state index contributed by atoms with van der Waals surface area (Å²) in [6, 6.07) is 6.74. The van der Waals surface area contributed by atoms with Gasteiger partial charge in [0.2, 0.25) is 10.0 Å². The number of nitrogens with zero attached hydrogens (tertiary/aromatic N) is 2. The molecule has 3 N–H and O–H groups in total. The van der Waals surface area contributed by atoms with E-state index in [0.29, 0.717) is 18.5 Å². The fourth-order valence-corrected chi connectivity index (χ4v) is 3.23. The lowest BCUT2D eigenvalue weighted by molar-refractivity contribution is 0.579. The van der Waals surface area contributed by atoms with Crippen LogP contribution in [0.4, 0.5) is 0 Å². The van der Waals surface area contributed by atoms with Gasteiger partial charge in [0.15, 0.2) is 0 Å². The van der Waals surface area contributed by atoms with Crippen molar-refractivity contribution in [1.82, 2.24) is 14.3 Å². The van der Waals surface area contributed by atoms with E-state index in [1.54, 1.807) is 30.5 Å². The Hall–Kier alpha value is -1.70. The molecule has 1 aromatic carbocycles. The lowest BCUT2D eigenvalue weighted by Gasteiger charge is -2.10. The van der Waals surface area contributed by atoms with Crippen molar-refractivity contribution in [2.45, 2.75) is 17.9 Å². The summed E-state index contributed by atoms with van der Waals surface area (Å²) in [7, 11) is -1.66. The summed E-state index contributed by atoms with van der Waals surface area (Å²) >= 11 is 0. The van der Waals surface area contributed by atoms with E-state index < -0.39 is 10.0 Å². The van der Waals surface area contributed by atoms with Crippen LogP contribution in [0.1, 0.15) is 11.4 Å². The average molecular weight is 294 g/mol. The van der Waals surface area contributed by atoms with Crippen LogP contribution in [0.25, 0.3) is 0 Å². The zero-order valence-corrected chi connectivity index (χ0v) is 12.1. The van der Waals surface area contributed by atoms with Crippen molar-refractivity contribution >= 4 is 10.0 Å². The largest absolute Gasteiger partial charge is 0.338 e. The lowest BCUT2D eigenvalue weighted by atomic mass is 10.2. The number of imidazole rings is 1. The summed E-state index contributed by atoms with van der Waals surface area (Å²) in [4.78, 5) is 4.39. The van der Waals surface area contributed by atoms with E-state index in [4.69, 9.17) is 5.73 Å². The fraction of sp³-hybridized carbons (Fsp3) is 0.308. The number of rotatable bonds is 6. The molecule has 2 rings (SSSR count). The van der Waals surface area contributed by atoms with Crippen LogP contribution in [0.15, 0.2) is 41.6 Å². The summed E-state index contributed by atoms with van der Waals surface area (Å²) < 4.78 is 28.9. The first-order valence-electron chi connectivity index (χ1n) is 6.28. The second-order valence-corrected chi connectivity index (χ2v) is 6.15. The molecule has 20 heavy (non-hydrogen) atoms. The molecule has 0 spiro atoms. The van der Waals surface area contributed by atoms with Crippen molar-refractivity contribution < 1.29 is 8.42 Å². The van der Waals surface area contributed by atoms with Gasteiger partial charge in [0, 0.05) is 39.0 Å². The predicted molar refractivity (Wildman–Crippen MR) is 76.4 cm³/mol. The standard InChI is InChI=1S/C13H18N4O2S/c1-17-9-8-15-13(17)6-7-16-20(18,19)12-5-3-2-4-11(12)10-14/h2-5,8-9,16H,6-7,10,14H2,1H3. The van der Waals surface area contributed by atoms with Gasteiger partial charge in [-0.15, -0.1) is 0 Å². The van der Waals surface area contributed by atoms with E-state index in [9.17, 15) is 8.42 Å². The van der Waals surface area contributed by atoms with Gasteiger partial charge in [0.1, 0.15) is 5.82 Å². The number of hydrogen-bond donors (Lipinski definition) is 2. The molecule has 108 valence electrons. The number of nitrogens with one attached hydrogen (secondary N) is 1. The molecule has 6 nitrogen and oxygen atoms in total. The highest BCUT2D eigenvalue weighted by Crippen LogP contribution is 2.14. The normalized spacial score (nSPS) is 11.7. The summed E-state index contributed by atoms with van der Waals surface area (Å²) in [6.45, 7) is 0.489. The predicted octanol–water partition coefficient (Wildman–Crippen LogP) is 0.400. The van der Waals surface area contributed by atoms with Crippen LogP contribution in [-0.2, 0) is 30.0 Å². The zero-order chi connectivity index (χ0) is 14.6. The number of hydrogen-bond acceptors (Lipinski definition) is 4. The van der Waals surface area contributed by atoms with Gasteiger partial charge in [-0.05, 0) is 11.6 Å². The summed E-state index contributed by atoms with van der Waals surface area (Å²) in [6.07, 6.45) is 4.05. The minimum Gasteiger partial charge on any atom is -0.338 e. The summed E-state index contributed by atoms with van der Waals surface area (Å²) in [5.41, 5.74) is 6.18. The molecular formula is C13H18N4O2S. The van der Waals surface area contributed by atoms with Crippen LogP contribution in [0.5, 0.6) is 0 Å². The minimum atomic E-state index is -3.54. The monoisotopic (exact) mass is 294 g/mol. The summed E-state index contributed by atoms with van der Waals surface area (Å²) in [5.74, 6) is 0.833. The fourth-order valence-electron chi connectivity index (χ4n) is 1.95. The van der Waals surface area contributed by atoms with Crippen LogP contribution in [0.2, 0.25) is 0 Å². The van der Waals surface area contributed by atoms with E-state index in [1.807, 2.05) is 17.8 Å². The third kappa shape index (κ3) is 3.24. The van der Waals surface area contributed by atoms with Crippen molar-refractivity contribution in [2.75, 3.05) is 6.54 Å². The maximum atomic E-state index is 12.2. The Balaban J connectivity index is 2.06. The van der Waals surface area contributed by atoms with E-state index >= 15 is 0 Å². The first-order valence-corrected chi connectivity index (χ1v) is 7.77. The molecule has 0 radical (unpaired) electrons. The van der Waals surface area contributed by atoms with Crippen LogP contribution < -0.4 is 10.5 Å². The van der Waals surface area contributed by atoms with Crippen LogP contribution in [-0.4, -0.2) is 24.5 Å². The molecule has 7 heteroatoms. The molecule has 0 unspecified atom stereocenters. The van der Waals surface area contributed by atoms with Gasteiger partial charge in [-0.25, -0.2) is 18.1 Å². The SMILES string of the molecule is Cn1ccnc1CCNS(=O)(=O)c1ccccc1CN. The molecule has 0 aliphatic heterocycles. The Morgan fingerprint density at radius 1 is 1.35 bits per heavy atom. The van der Waals surface area contributed by atoms with E-state index in [-0.39, 0.29) is 11.4 Å². The molecule has 1 aromatic heterocycles. The molecule has 0 aliphatic rings. The first kappa shape index (κ1) is 14.7. The number of benzene rings is 1. The van der Waals surface area contributed by atoms with Gasteiger partial charge in [-0.1, -0.05) is 18.2 Å². The van der Waals surface area contributed by atoms with Crippen LogP contribution in [0.3, 0.4) is 0 Å². The number of sulfonamides is 1. The zero-order valence-electron chi connectivity index (χ0n) is 11.3. The Bertz CT molecular complexity index is 679. The Morgan fingerprint density at radius 3 is 2.75 bits per heavy atom. The first-order chi connectivity index (χ1) is 9.54. The van der Waals surface area contributed by atoms with E-state index in [2.05, 4.69) is 9.71 Å². The Labute approximate surface area is 118 Å². The molecule has 0 atom stereocenters. The Kier molecular flexibility index (Phi) is 4.53. The molecule has 0 amide bonds. The molecule has 2 aromatic rings. The number of nitrogens with two attached hydrogens (primary N) is 1. The van der Waals surface area contributed by atoms with Crippen LogP contribution in [0, 0.1) is 0 Å². The van der Waals surface area contributed by atoms with Crippen molar-refractivity contribution in [1.29, 1.82) is 0 Å². The smallest absolute Gasteiger partial charge is 0.240 e. The average Bonchev–Trinajstić information content (AvgIpc) is 2.84. The minimum absolute atomic E-state index is 0.191. The highest BCUT2D eigenvalue weighted by molar-refractivity contribution is 7.89. The highest BCUT2D eigenvalue weighted by Gasteiger charge is 2.16. The van der Waals surface area contributed by atoms with Crippen LogP contribution >= 0.6 is 0 Å².